The van der Waals surface area contributed by atoms with Crippen LogP contribution in [0.25, 0.3) is 6.08 Å². The van der Waals surface area contributed by atoms with Crippen molar-refractivity contribution < 1.29 is 57.4 Å². The van der Waals surface area contributed by atoms with Gasteiger partial charge in [-0.3, -0.25) is 0 Å². The summed E-state index contributed by atoms with van der Waals surface area (Å²) in [5, 5.41) is 11.3. The Bertz CT molecular complexity index is 749. The van der Waals surface area contributed by atoms with Crippen molar-refractivity contribution in [3.05, 3.63) is 40.4 Å². The first-order chi connectivity index (χ1) is 11.3. The molecule has 0 N–H and O–H groups in total. The average molecular weight is 382 g/mol. The van der Waals surface area contributed by atoms with E-state index in [0.29, 0.717) is 23.8 Å². The van der Waals surface area contributed by atoms with Crippen LogP contribution in [-0.4, -0.2) is 31.3 Å². The number of carbonyl (C=O) groups excluding carboxylic acids is 1. The van der Waals surface area contributed by atoms with Gasteiger partial charge in [-0.1, -0.05) is 23.8 Å². The van der Waals surface area contributed by atoms with Crippen molar-refractivity contribution in [3.8, 4) is 5.75 Å². The van der Waals surface area contributed by atoms with Gasteiger partial charge in [0.05, 0.1) is 16.7 Å². The quantitative estimate of drug-likeness (QED) is 0.515. The number of halogens is 4. The normalized spacial score (nSPS) is 19.4. The molecule has 2 aliphatic heterocycles. The standard InChI is InChI=1S/C16H13ClF3NO3.Na/c17-11-7-9-6-10(15(22)23)14(16(18,19)20)24-13(9)8-12(11)21-4-2-1-3-5-21;/h1-2,6-8,14H,3-5H2,(H,22,23);/q;+1/p-1. The molecule has 128 valence electrons. The van der Waals surface area contributed by atoms with Crippen LogP contribution >= 0.6 is 11.6 Å². The molecule has 2 aliphatic rings. The van der Waals surface area contributed by atoms with Gasteiger partial charge in [0.2, 0.25) is 6.10 Å². The molecule has 2 heterocycles. The van der Waals surface area contributed by atoms with Gasteiger partial charge in [0.25, 0.3) is 0 Å². The van der Waals surface area contributed by atoms with E-state index in [1.54, 1.807) is 0 Å². The fourth-order valence-electron chi connectivity index (χ4n) is 2.72. The summed E-state index contributed by atoms with van der Waals surface area (Å²) < 4.78 is 44.2. The van der Waals surface area contributed by atoms with E-state index in [9.17, 15) is 23.1 Å². The first-order valence-electron chi connectivity index (χ1n) is 7.17. The molecular formula is C16H12ClF3NNaO3. The molecule has 0 bridgehead atoms. The van der Waals surface area contributed by atoms with Gasteiger partial charge in [-0.2, -0.15) is 13.2 Å². The maximum Gasteiger partial charge on any atom is 1.00 e. The van der Waals surface area contributed by atoms with Gasteiger partial charge in [0, 0.05) is 30.3 Å². The number of rotatable bonds is 2. The topological polar surface area (TPSA) is 52.6 Å². The van der Waals surface area contributed by atoms with E-state index in [1.807, 2.05) is 17.1 Å². The van der Waals surface area contributed by atoms with Crippen molar-refractivity contribution in [2.75, 3.05) is 18.0 Å². The number of carboxylic acids is 1. The zero-order valence-electron chi connectivity index (χ0n) is 13.3. The summed E-state index contributed by atoms with van der Waals surface area (Å²) in [7, 11) is 0. The molecule has 25 heavy (non-hydrogen) atoms. The molecule has 0 aromatic heterocycles. The van der Waals surface area contributed by atoms with Gasteiger partial charge >= 0.3 is 35.7 Å². The van der Waals surface area contributed by atoms with Gasteiger partial charge in [0.1, 0.15) is 5.75 Å². The number of alkyl halides is 3. The molecule has 1 aromatic rings. The van der Waals surface area contributed by atoms with Crippen LogP contribution in [0, 0.1) is 0 Å². The van der Waals surface area contributed by atoms with Gasteiger partial charge in [-0.25, -0.2) is 0 Å². The molecule has 0 fully saturated rings. The summed E-state index contributed by atoms with van der Waals surface area (Å²) in [4.78, 5) is 12.9. The van der Waals surface area contributed by atoms with Gasteiger partial charge < -0.3 is 19.5 Å². The van der Waals surface area contributed by atoms with Gasteiger partial charge in [-0.05, 0) is 18.6 Å². The van der Waals surface area contributed by atoms with Crippen LogP contribution in [0.3, 0.4) is 0 Å². The van der Waals surface area contributed by atoms with E-state index in [1.165, 1.54) is 12.1 Å². The van der Waals surface area contributed by atoms with E-state index in [4.69, 9.17) is 16.3 Å². The van der Waals surface area contributed by atoms with Crippen LogP contribution in [-0.2, 0) is 4.79 Å². The van der Waals surface area contributed by atoms with Crippen molar-refractivity contribution in [1.82, 2.24) is 0 Å². The Balaban J connectivity index is 0.00000225. The van der Waals surface area contributed by atoms with Crippen molar-refractivity contribution in [2.24, 2.45) is 0 Å². The summed E-state index contributed by atoms with van der Waals surface area (Å²) in [6, 6.07) is 2.82. The molecule has 1 aromatic carbocycles. The number of anilines is 1. The number of benzene rings is 1. The molecule has 0 saturated heterocycles. The maximum absolute atomic E-state index is 13.1. The van der Waals surface area contributed by atoms with Gasteiger partial charge in [-0.15, -0.1) is 0 Å². The molecule has 0 spiro atoms. The predicted molar refractivity (Wildman–Crippen MR) is 80.9 cm³/mol. The Morgan fingerprint density at radius 3 is 2.60 bits per heavy atom. The van der Waals surface area contributed by atoms with Crippen molar-refractivity contribution in [2.45, 2.75) is 18.7 Å². The van der Waals surface area contributed by atoms with E-state index in [2.05, 4.69) is 0 Å². The second-order valence-electron chi connectivity index (χ2n) is 5.47. The number of hydrogen-bond donors (Lipinski definition) is 0. The summed E-state index contributed by atoms with van der Waals surface area (Å²) >= 11 is 6.21. The van der Waals surface area contributed by atoms with Crippen molar-refractivity contribution in [1.29, 1.82) is 0 Å². The molecule has 9 heteroatoms. The molecular weight excluding hydrogens is 370 g/mol. The molecule has 0 amide bonds. The number of nitrogens with zero attached hydrogens (tertiary/aromatic N) is 1. The minimum atomic E-state index is -4.86. The number of carboxylic acid groups (broad SMARTS) is 1. The first kappa shape index (κ1) is 20.2. The molecule has 1 unspecified atom stereocenters. The number of ether oxygens (including phenoxy) is 1. The second-order valence-corrected chi connectivity index (χ2v) is 5.88. The van der Waals surface area contributed by atoms with Crippen LogP contribution in [0.4, 0.5) is 18.9 Å². The minimum absolute atomic E-state index is 0. The molecule has 3 rings (SSSR count). The maximum atomic E-state index is 13.1. The van der Waals surface area contributed by atoms with Crippen molar-refractivity contribution in [3.63, 3.8) is 0 Å². The van der Waals surface area contributed by atoms with E-state index >= 15 is 0 Å². The van der Waals surface area contributed by atoms with E-state index in [0.717, 1.165) is 12.5 Å². The van der Waals surface area contributed by atoms with Crippen molar-refractivity contribution >= 4 is 29.3 Å². The fourth-order valence-corrected chi connectivity index (χ4v) is 3.01. The molecule has 0 aliphatic carbocycles. The van der Waals surface area contributed by atoms with E-state index in [-0.39, 0.29) is 40.9 Å². The fraction of sp³-hybridized carbons (Fsp3) is 0.312. The second kappa shape index (κ2) is 7.61. The first-order valence-corrected chi connectivity index (χ1v) is 7.55. The van der Waals surface area contributed by atoms with Crippen LogP contribution in [0.15, 0.2) is 29.9 Å². The molecule has 0 saturated carbocycles. The Morgan fingerprint density at radius 1 is 1.32 bits per heavy atom. The zero-order chi connectivity index (χ0) is 17.5. The van der Waals surface area contributed by atoms with Crippen LogP contribution in [0.1, 0.15) is 12.0 Å². The van der Waals surface area contributed by atoms with E-state index < -0.39 is 23.8 Å². The number of fused-ring (bicyclic) bond motifs is 1. The molecule has 0 radical (unpaired) electrons. The summed E-state index contributed by atoms with van der Waals surface area (Å²) in [5.74, 6) is -1.99. The van der Waals surface area contributed by atoms with Crippen LogP contribution < -0.4 is 44.3 Å². The third-order valence-electron chi connectivity index (χ3n) is 3.85. The number of hydrogen-bond acceptors (Lipinski definition) is 4. The third kappa shape index (κ3) is 4.16. The number of carbonyl (C=O) groups is 1. The van der Waals surface area contributed by atoms with Gasteiger partial charge in [0.15, 0.2) is 0 Å². The third-order valence-corrected chi connectivity index (χ3v) is 4.15. The Hall–Kier alpha value is -1.15. The summed E-state index contributed by atoms with van der Waals surface area (Å²) in [5.41, 5.74) is -0.248. The molecule has 4 nitrogen and oxygen atoms in total. The summed E-state index contributed by atoms with van der Waals surface area (Å²) in [6.07, 6.45) is -1.78. The smallest absolute Gasteiger partial charge is 0.545 e. The SMILES string of the molecule is O=C([O-])C1=Cc2cc(Cl)c(N3CC=CCC3)cc2OC1C(F)(F)F.[Na+]. The number of aliphatic carboxylic acids is 1. The largest absolute Gasteiger partial charge is 1.00 e. The average Bonchev–Trinajstić information content (AvgIpc) is 2.53. The molecule has 1 atom stereocenters. The van der Waals surface area contributed by atoms with Crippen LogP contribution in [0.5, 0.6) is 5.75 Å². The zero-order valence-corrected chi connectivity index (χ0v) is 16.0. The van der Waals surface area contributed by atoms with Crippen LogP contribution in [0.2, 0.25) is 5.02 Å². The Labute approximate surface area is 169 Å². The Morgan fingerprint density at radius 2 is 2.04 bits per heavy atom. The monoisotopic (exact) mass is 381 g/mol. The minimum Gasteiger partial charge on any atom is -0.545 e. The predicted octanol–water partition coefficient (Wildman–Crippen LogP) is -0.433. The Kier molecular flexibility index (Phi) is 6.14. The summed E-state index contributed by atoms with van der Waals surface area (Å²) in [6.45, 7) is 1.26.